The molecule has 3 aliphatic heterocycles. The van der Waals surface area contributed by atoms with Crippen LogP contribution in [0.2, 0.25) is 0 Å². The van der Waals surface area contributed by atoms with Crippen molar-refractivity contribution in [3.8, 4) is 0 Å². The number of imide groups is 1. The summed E-state index contributed by atoms with van der Waals surface area (Å²) in [4.78, 5) is 36.4. The summed E-state index contributed by atoms with van der Waals surface area (Å²) in [6.45, 7) is 3.89. The van der Waals surface area contributed by atoms with E-state index in [0.717, 1.165) is 38.1 Å². The average Bonchev–Trinajstić information content (AvgIpc) is 3.09. The molecule has 5 atom stereocenters. The van der Waals surface area contributed by atoms with Gasteiger partial charge in [0.05, 0.1) is 23.9 Å². The Labute approximate surface area is 157 Å². The molecule has 0 aromatic carbocycles. The molecule has 0 saturated carbocycles. The summed E-state index contributed by atoms with van der Waals surface area (Å²) in [7, 11) is 0. The van der Waals surface area contributed by atoms with E-state index in [0.29, 0.717) is 18.4 Å². The molecule has 0 spiro atoms. The Kier molecular flexibility index (Phi) is 6.77. The summed E-state index contributed by atoms with van der Waals surface area (Å²) in [5.74, 6) is 0.532. The SMILES string of the molecule is CCOC(=O)NC(=O)C1CCSC1NC(=O)C1CCC2CNCCC2N1. The van der Waals surface area contributed by atoms with Gasteiger partial charge in [-0.2, -0.15) is 0 Å². The molecule has 0 radical (unpaired) electrons. The summed E-state index contributed by atoms with van der Waals surface area (Å²) in [5.41, 5.74) is 0. The Bertz CT molecular complexity index is 547. The Morgan fingerprint density at radius 3 is 2.81 bits per heavy atom. The lowest BCUT2D eigenvalue weighted by molar-refractivity contribution is -0.126. The van der Waals surface area contributed by atoms with Crippen LogP contribution in [-0.2, 0) is 14.3 Å². The molecule has 3 rings (SSSR count). The van der Waals surface area contributed by atoms with Crippen LogP contribution in [0.1, 0.15) is 32.6 Å². The number of thioether (sulfide) groups is 1. The zero-order valence-corrected chi connectivity index (χ0v) is 15.9. The molecule has 0 aliphatic carbocycles. The summed E-state index contributed by atoms with van der Waals surface area (Å²) in [6, 6.07) is 0.184. The molecule has 3 heterocycles. The van der Waals surface area contributed by atoms with Gasteiger partial charge >= 0.3 is 6.09 Å². The molecule has 26 heavy (non-hydrogen) atoms. The number of carbonyl (C=O) groups excluding carboxylic acids is 3. The zero-order valence-electron chi connectivity index (χ0n) is 15.1. The Balaban J connectivity index is 1.51. The maximum atomic E-state index is 12.7. The van der Waals surface area contributed by atoms with E-state index in [1.807, 2.05) is 0 Å². The van der Waals surface area contributed by atoms with Gasteiger partial charge in [0.15, 0.2) is 0 Å². The molecule has 0 aromatic rings. The minimum absolute atomic E-state index is 0.0460. The number of hydrogen-bond acceptors (Lipinski definition) is 7. The number of ether oxygens (including phenoxy) is 1. The first-order chi connectivity index (χ1) is 12.6. The number of hydrogen-bond donors (Lipinski definition) is 4. The maximum Gasteiger partial charge on any atom is 0.413 e. The summed E-state index contributed by atoms with van der Waals surface area (Å²) in [6.07, 6.45) is 2.79. The summed E-state index contributed by atoms with van der Waals surface area (Å²) >= 11 is 1.55. The van der Waals surface area contributed by atoms with Crippen LogP contribution in [0.15, 0.2) is 0 Å². The third-order valence-corrected chi connectivity index (χ3v) is 6.66. The normalized spacial score (nSPS) is 33.8. The van der Waals surface area contributed by atoms with Crippen LogP contribution in [0.4, 0.5) is 4.79 Å². The second kappa shape index (κ2) is 9.05. The van der Waals surface area contributed by atoms with Crippen LogP contribution < -0.4 is 21.3 Å². The standard InChI is InChI=1S/C17H28N4O4S/c1-2-25-17(24)21-14(22)11-6-8-26-16(11)20-15(23)13-4-3-10-9-18-7-5-12(10)19-13/h10-13,16,18-19H,2-9H2,1H3,(H,20,23)(H,21,22,24). The van der Waals surface area contributed by atoms with Crippen LogP contribution in [0.3, 0.4) is 0 Å². The van der Waals surface area contributed by atoms with Gasteiger partial charge in [-0.1, -0.05) is 0 Å². The Hall–Kier alpha value is -1.32. The van der Waals surface area contributed by atoms with E-state index in [1.165, 1.54) is 0 Å². The quantitative estimate of drug-likeness (QED) is 0.548. The van der Waals surface area contributed by atoms with E-state index in [2.05, 4.69) is 21.3 Å². The van der Waals surface area contributed by atoms with Gasteiger partial charge in [0.1, 0.15) is 0 Å². The molecule has 3 saturated heterocycles. The predicted molar refractivity (Wildman–Crippen MR) is 98.6 cm³/mol. The topological polar surface area (TPSA) is 109 Å². The predicted octanol–water partition coefficient (Wildman–Crippen LogP) is 0.185. The lowest BCUT2D eigenvalue weighted by atomic mass is 9.83. The number of amides is 3. The van der Waals surface area contributed by atoms with Gasteiger partial charge in [-0.15, -0.1) is 11.8 Å². The van der Waals surface area contributed by atoms with Gasteiger partial charge in [0.25, 0.3) is 0 Å². The third kappa shape index (κ3) is 4.69. The van der Waals surface area contributed by atoms with Gasteiger partial charge in [0, 0.05) is 6.04 Å². The molecule has 146 valence electrons. The molecule has 5 unspecified atom stereocenters. The highest BCUT2D eigenvalue weighted by atomic mass is 32.2. The van der Waals surface area contributed by atoms with E-state index >= 15 is 0 Å². The number of rotatable bonds is 4. The fourth-order valence-corrected chi connectivity index (χ4v) is 5.31. The van der Waals surface area contributed by atoms with Crippen LogP contribution in [-0.4, -0.2) is 60.8 Å². The van der Waals surface area contributed by atoms with E-state index in [-0.39, 0.29) is 29.8 Å². The molecule has 3 aliphatic rings. The molecule has 3 fully saturated rings. The van der Waals surface area contributed by atoms with Crippen LogP contribution in [0, 0.1) is 11.8 Å². The Morgan fingerprint density at radius 1 is 1.15 bits per heavy atom. The van der Waals surface area contributed by atoms with Crippen molar-refractivity contribution >= 4 is 29.7 Å². The first kappa shape index (κ1) is 19.4. The summed E-state index contributed by atoms with van der Waals surface area (Å²) in [5, 5.41) is 11.9. The molecular formula is C17H28N4O4S. The fraction of sp³-hybridized carbons (Fsp3) is 0.824. The first-order valence-corrected chi connectivity index (χ1v) is 10.5. The van der Waals surface area contributed by atoms with Gasteiger partial charge in [-0.05, 0) is 57.4 Å². The number of alkyl carbamates (subject to hydrolysis) is 1. The highest BCUT2D eigenvalue weighted by molar-refractivity contribution is 8.00. The number of fused-ring (bicyclic) bond motifs is 1. The van der Waals surface area contributed by atoms with E-state index < -0.39 is 12.0 Å². The van der Waals surface area contributed by atoms with Crippen molar-refractivity contribution in [3.63, 3.8) is 0 Å². The molecule has 0 aromatic heterocycles. The van der Waals surface area contributed by atoms with Crippen molar-refractivity contribution in [1.29, 1.82) is 0 Å². The largest absolute Gasteiger partial charge is 0.450 e. The van der Waals surface area contributed by atoms with Gasteiger partial charge in [-0.3, -0.25) is 14.9 Å². The molecule has 0 bridgehead atoms. The maximum absolute atomic E-state index is 12.7. The molecule has 4 N–H and O–H groups in total. The van der Waals surface area contributed by atoms with E-state index in [4.69, 9.17) is 4.74 Å². The smallest absolute Gasteiger partial charge is 0.413 e. The van der Waals surface area contributed by atoms with Crippen LogP contribution >= 0.6 is 11.8 Å². The van der Waals surface area contributed by atoms with Crippen molar-refractivity contribution < 1.29 is 19.1 Å². The van der Waals surface area contributed by atoms with Gasteiger partial charge in [-0.25, -0.2) is 4.79 Å². The van der Waals surface area contributed by atoms with Crippen molar-refractivity contribution in [2.45, 2.75) is 50.1 Å². The highest BCUT2D eigenvalue weighted by Crippen LogP contribution is 2.31. The minimum Gasteiger partial charge on any atom is -0.450 e. The van der Waals surface area contributed by atoms with Crippen molar-refractivity contribution in [3.05, 3.63) is 0 Å². The van der Waals surface area contributed by atoms with Crippen LogP contribution in [0.5, 0.6) is 0 Å². The summed E-state index contributed by atoms with van der Waals surface area (Å²) < 4.78 is 4.75. The number of piperidine rings is 2. The average molecular weight is 385 g/mol. The third-order valence-electron chi connectivity index (χ3n) is 5.38. The highest BCUT2D eigenvalue weighted by Gasteiger charge is 2.39. The lowest BCUT2D eigenvalue weighted by Gasteiger charge is -2.40. The molecule has 3 amide bonds. The zero-order chi connectivity index (χ0) is 18.5. The fourth-order valence-electron chi connectivity index (χ4n) is 3.98. The molecule has 8 nitrogen and oxygen atoms in total. The van der Waals surface area contributed by atoms with Gasteiger partial charge < -0.3 is 20.7 Å². The van der Waals surface area contributed by atoms with Crippen molar-refractivity contribution in [1.82, 2.24) is 21.3 Å². The second-order valence-corrected chi connectivity index (χ2v) is 8.31. The second-order valence-electron chi connectivity index (χ2n) is 7.06. The van der Waals surface area contributed by atoms with Crippen LogP contribution in [0.25, 0.3) is 0 Å². The van der Waals surface area contributed by atoms with Gasteiger partial charge in [0.2, 0.25) is 11.8 Å². The monoisotopic (exact) mass is 384 g/mol. The minimum atomic E-state index is -0.731. The lowest BCUT2D eigenvalue weighted by Crippen LogP contribution is -2.59. The number of nitrogens with one attached hydrogen (secondary N) is 4. The molecular weight excluding hydrogens is 356 g/mol. The van der Waals surface area contributed by atoms with Crippen molar-refractivity contribution in [2.24, 2.45) is 11.8 Å². The molecule has 9 heteroatoms. The van der Waals surface area contributed by atoms with E-state index in [9.17, 15) is 14.4 Å². The van der Waals surface area contributed by atoms with Crippen molar-refractivity contribution in [2.75, 3.05) is 25.4 Å². The number of carbonyl (C=O) groups is 3. The first-order valence-electron chi connectivity index (χ1n) is 9.45. The van der Waals surface area contributed by atoms with E-state index in [1.54, 1.807) is 18.7 Å². The Morgan fingerprint density at radius 2 is 2.00 bits per heavy atom.